The average Bonchev–Trinajstić information content (AvgIpc) is 2.75. The molecule has 4 heteroatoms. The van der Waals surface area contributed by atoms with Crippen LogP contribution in [0.25, 0.3) is 0 Å². The Morgan fingerprint density at radius 1 is 1.56 bits per heavy atom. The van der Waals surface area contributed by atoms with Gasteiger partial charge < -0.3 is 15.4 Å². The number of hydrogen-bond acceptors (Lipinski definition) is 3. The van der Waals surface area contributed by atoms with Crippen LogP contribution in [0.5, 0.6) is 0 Å². The summed E-state index contributed by atoms with van der Waals surface area (Å²) in [5.74, 6) is 0.867. The molecule has 16 heavy (non-hydrogen) atoms. The van der Waals surface area contributed by atoms with Crippen molar-refractivity contribution in [1.29, 1.82) is 0 Å². The predicted octanol–water partition coefficient (Wildman–Crippen LogP) is 0.609. The van der Waals surface area contributed by atoms with Crippen LogP contribution in [0, 0.1) is 11.8 Å². The molecular weight excluding hydrogens is 204 g/mol. The van der Waals surface area contributed by atoms with Crippen LogP contribution in [0.4, 0.5) is 0 Å². The Balaban J connectivity index is 1.89. The van der Waals surface area contributed by atoms with Gasteiger partial charge in [0.05, 0.1) is 18.6 Å². The molecular formula is C12H22N2O2. The van der Waals surface area contributed by atoms with Crippen molar-refractivity contribution in [1.82, 2.24) is 4.90 Å². The van der Waals surface area contributed by atoms with Crippen LogP contribution >= 0.6 is 0 Å². The number of nitrogens with zero attached hydrogens (tertiary/aromatic N) is 1. The maximum atomic E-state index is 12.2. The van der Waals surface area contributed by atoms with Gasteiger partial charge in [-0.3, -0.25) is 4.79 Å². The molecule has 0 saturated carbocycles. The van der Waals surface area contributed by atoms with Gasteiger partial charge in [0.25, 0.3) is 0 Å². The smallest absolute Gasteiger partial charge is 0.228 e. The molecule has 2 aliphatic rings. The van der Waals surface area contributed by atoms with Crippen LogP contribution in [-0.4, -0.2) is 43.2 Å². The SMILES string of the molecule is CC1CC(C(=O)N2CCCC(CN)C2)CO1. The van der Waals surface area contributed by atoms with Crippen LogP contribution in [0.3, 0.4) is 0 Å². The van der Waals surface area contributed by atoms with Gasteiger partial charge in [-0.25, -0.2) is 0 Å². The number of piperidine rings is 1. The number of hydrogen-bond donors (Lipinski definition) is 1. The molecule has 2 aliphatic heterocycles. The van der Waals surface area contributed by atoms with E-state index in [-0.39, 0.29) is 17.9 Å². The first-order valence-electron chi connectivity index (χ1n) is 6.31. The molecule has 0 bridgehead atoms. The minimum absolute atomic E-state index is 0.0894. The van der Waals surface area contributed by atoms with Crippen molar-refractivity contribution in [3.05, 3.63) is 0 Å². The van der Waals surface area contributed by atoms with E-state index in [1.165, 1.54) is 0 Å². The highest BCUT2D eigenvalue weighted by Crippen LogP contribution is 2.24. The summed E-state index contributed by atoms with van der Waals surface area (Å²) >= 11 is 0. The van der Waals surface area contributed by atoms with Gasteiger partial charge in [0, 0.05) is 13.1 Å². The van der Waals surface area contributed by atoms with Crippen LogP contribution in [0.1, 0.15) is 26.2 Å². The van der Waals surface area contributed by atoms with E-state index in [4.69, 9.17) is 10.5 Å². The molecule has 4 nitrogen and oxygen atoms in total. The minimum Gasteiger partial charge on any atom is -0.378 e. The quantitative estimate of drug-likeness (QED) is 0.750. The molecule has 0 aromatic heterocycles. The first-order valence-corrected chi connectivity index (χ1v) is 6.31. The van der Waals surface area contributed by atoms with E-state index in [0.29, 0.717) is 19.1 Å². The van der Waals surface area contributed by atoms with E-state index >= 15 is 0 Å². The lowest BCUT2D eigenvalue weighted by atomic mass is 9.96. The van der Waals surface area contributed by atoms with Gasteiger partial charge in [0.1, 0.15) is 0 Å². The van der Waals surface area contributed by atoms with Gasteiger partial charge in [-0.1, -0.05) is 0 Å². The van der Waals surface area contributed by atoms with Gasteiger partial charge in [0.15, 0.2) is 0 Å². The monoisotopic (exact) mass is 226 g/mol. The van der Waals surface area contributed by atoms with Crippen molar-refractivity contribution < 1.29 is 9.53 Å². The molecule has 2 rings (SSSR count). The van der Waals surface area contributed by atoms with Crippen molar-refractivity contribution in [3.8, 4) is 0 Å². The van der Waals surface area contributed by atoms with Crippen molar-refractivity contribution in [2.45, 2.75) is 32.3 Å². The summed E-state index contributed by atoms with van der Waals surface area (Å²) in [4.78, 5) is 14.2. The van der Waals surface area contributed by atoms with Crippen LogP contribution in [0.15, 0.2) is 0 Å². The lowest BCUT2D eigenvalue weighted by molar-refractivity contribution is -0.137. The van der Waals surface area contributed by atoms with Gasteiger partial charge in [0.2, 0.25) is 5.91 Å². The standard InChI is InChI=1S/C12H22N2O2/c1-9-5-11(8-16-9)12(15)14-4-2-3-10(6-13)7-14/h9-11H,2-8,13H2,1H3. The van der Waals surface area contributed by atoms with E-state index in [9.17, 15) is 4.79 Å². The molecule has 0 aromatic carbocycles. The van der Waals surface area contributed by atoms with E-state index in [2.05, 4.69) is 0 Å². The third-order valence-electron chi connectivity index (χ3n) is 3.71. The Labute approximate surface area is 97.1 Å². The summed E-state index contributed by atoms with van der Waals surface area (Å²) in [6, 6.07) is 0. The summed E-state index contributed by atoms with van der Waals surface area (Å²) in [7, 11) is 0. The van der Waals surface area contributed by atoms with E-state index < -0.39 is 0 Å². The van der Waals surface area contributed by atoms with Crippen LogP contribution < -0.4 is 5.73 Å². The maximum Gasteiger partial charge on any atom is 0.228 e. The zero-order valence-electron chi connectivity index (χ0n) is 10.0. The number of likely N-dealkylation sites (tertiary alicyclic amines) is 1. The summed E-state index contributed by atoms with van der Waals surface area (Å²) in [5, 5.41) is 0. The van der Waals surface area contributed by atoms with Gasteiger partial charge in [-0.15, -0.1) is 0 Å². The second-order valence-electron chi connectivity index (χ2n) is 5.10. The molecule has 0 radical (unpaired) electrons. The Morgan fingerprint density at radius 2 is 2.38 bits per heavy atom. The molecule has 1 amide bonds. The Hall–Kier alpha value is -0.610. The number of rotatable bonds is 2. The molecule has 3 atom stereocenters. The number of amides is 1. The highest BCUT2D eigenvalue weighted by Gasteiger charge is 2.33. The van der Waals surface area contributed by atoms with Crippen LogP contribution in [0.2, 0.25) is 0 Å². The lowest BCUT2D eigenvalue weighted by Crippen LogP contribution is -2.44. The van der Waals surface area contributed by atoms with Crippen molar-refractivity contribution in [2.24, 2.45) is 17.6 Å². The van der Waals surface area contributed by atoms with Crippen LogP contribution in [-0.2, 0) is 9.53 Å². The zero-order chi connectivity index (χ0) is 11.5. The zero-order valence-corrected chi connectivity index (χ0v) is 10.0. The first kappa shape index (κ1) is 11.9. The van der Waals surface area contributed by atoms with Gasteiger partial charge in [-0.2, -0.15) is 0 Å². The largest absolute Gasteiger partial charge is 0.378 e. The molecule has 2 N–H and O–H groups in total. The first-order chi connectivity index (χ1) is 7.70. The fourth-order valence-corrected chi connectivity index (χ4v) is 2.71. The summed E-state index contributed by atoms with van der Waals surface area (Å²) in [6.45, 7) is 5.08. The third-order valence-corrected chi connectivity index (χ3v) is 3.71. The second kappa shape index (κ2) is 5.15. The number of carbonyl (C=O) groups excluding carboxylic acids is 1. The minimum atomic E-state index is 0.0894. The Morgan fingerprint density at radius 3 is 3.00 bits per heavy atom. The predicted molar refractivity (Wildman–Crippen MR) is 61.9 cm³/mol. The number of ether oxygens (including phenoxy) is 1. The fraction of sp³-hybridized carbons (Fsp3) is 0.917. The Bertz CT molecular complexity index is 257. The molecule has 0 aromatic rings. The molecule has 2 saturated heterocycles. The normalized spacial score (nSPS) is 35.4. The van der Waals surface area contributed by atoms with Gasteiger partial charge >= 0.3 is 0 Å². The summed E-state index contributed by atoms with van der Waals surface area (Å²) in [6.07, 6.45) is 3.38. The van der Waals surface area contributed by atoms with E-state index in [1.54, 1.807) is 0 Å². The van der Waals surface area contributed by atoms with Crippen molar-refractivity contribution in [3.63, 3.8) is 0 Å². The molecule has 3 unspecified atom stereocenters. The average molecular weight is 226 g/mol. The fourth-order valence-electron chi connectivity index (χ4n) is 2.71. The topological polar surface area (TPSA) is 55.6 Å². The molecule has 2 heterocycles. The van der Waals surface area contributed by atoms with E-state index in [1.807, 2.05) is 11.8 Å². The van der Waals surface area contributed by atoms with Crippen molar-refractivity contribution >= 4 is 5.91 Å². The number of nitrogens with two attached hydrogens (primary N) is 1. The molecule has 0 spiro atoms. The summed E-state index contributed by atoms with van der Waals surface area (Å²) in [5.41, 5.74) is 5.68. The third kappa shape index (κ3) is 2.55. The highest BCUT2D eigenvalue weighted by atomic mass is 16.5. The highest BCUT2D eigenvalue weighted by molar-refractivity contribution is 5.79. The Kier molecular flexibility index (Phi) is 3.82. The molecule has 92 valence electrons. The lowest BCUT2D eigenvalue weighted by Gasteiger charge is -2.33. The molecule has 2 fully saturated rings. The second-order valence-corrected chi connectivity index (χ2v) is 5.10. The number of carbonyl (C=O) groups is 1. The van der Waals surface area contributed by atoms with E-state index in [0.717, 1.165) is 32.4 Å². The summed E-state index contributed by atoms with van der Waals surface area (Å²) < 4.78 is 5.46. The van der Waals surface area contributed by atoms with Crippen molar-refractivity contribution in [2.75, 3.05) is 26.2 Å². The molecule has 0 aliphatic carbocycles. The van der Waals surface area contributed by atoms with Gasteiger partial charge in [-0.05, 0) is 38.6 Å². The maximum absolute atomic E-state index is 12.2.